The number of likely N-dealkylation sites (N-methyl/N-ethyl adjacent to an activating group) is 2. The van der Waals surface area contributed by atoms with Crippen LogP contribution in [0, 0.1) is 6.92 Å². The molecule has 2 fully saturated rings. The van der Waals surface area contributed by atoms with Crippen molar-refractivity contribution in [2.45, 2.75) is 19.9 Å². The maximum Gasteiger partial charge on any atom is 0.194 e. The van der Waals surface area contributed by atoms with Crippen molar-refractivity contribution in [3.05, 3.63) is 29.8 Å². The van der Waals surface area contributed by atoms with Crippen molar-refractivity contribution < 1.29 is 0 Å². The van der Waals surface area contributed by atoms with E-state index in [4.69, 9.17) is 4.99 Å². The van der Waals surface area contributed by atoms with Gasteiger partial charge >= 0.3 is 0 Å². The van der Waals surface area contributed by atoms with Gasteiger partial charge in [-0.25, -0.2) is 0 Å². The average Bonchev–Trinajstić information content (AvgIpc) is 2.68. The fraction of sp³-hybridized carbons (Fsp3) is 0.667. The van der Waals surface area contributed by atoms with Crippen molar-refractivity contribution >= 4 is 11.6 Å². The van der Waals surface area contributed by atoms with Crippen LogP contribution >= 0.6 is 0 Å². The lowest BCUT2D eigenvalue weighted by molar-refractivity contribution is 0.119. The van der Waals surface area contributed by atoms with E-state index in [0.29, 0.717) is 6.04 Å². The van der Waals surface area contributed by atoms with Crippen LogP contribution in [-0.4, -0.2) is 99.7 Å². The number of hydrogen-bond acceptors (Lipinski definition) is 4. The smallest absolute Gasteiger partial charge is 0.194 e. The second-order valence-electron chi connectivity index (χ2n) is 7.90. The number of aryl methyl sites for hydroxylation is 1. The quantitative estimate of drug-likeness (QED) is 0.638. The zero-order valence-corrected chi connectivity index (χ0v) is 17.5. The van der Waals surface area contributed by atoms with Crippen LogP contribution in [0.25, 0.3) is 0 Å². The van der Waals surface area contributed by atoms with Gasteiger partial charge in [0.05, 0.1) is 6.54 Å². The third-order valence-corrected chi connectivity index (χ3v) is 5.71. The highest BCUT2D eigenvalue weighted by atomic mass is 15.4. The highest BCUT2D eigenvalue weighted by molar-refractivity contribution is 5.80. The predicted octanol–water partition coefficient (Wildman–Crippen LogP) is 1.33. The van der Waals surface area contributed by atoms with E-state index in [-0.39, 0.29) is 0 Å². The van der Waals surface area contributed by atoms with Crippen molar-refractivity contribution in [1.29, 1.82) is 0 Å². The Kier molecular flexibility index (Phi) is 6.96. The highest BCUT2D eigenvalue weighted by Gasteiger charge is 2.23. The SMILES string of the molecule is CCNC(=NCC1CN(C)CCN1C)N1CCN(c2cccc(C)c2)CC1. The fourth-order valence-corrected chi connectivity index (χ4v) is 3.92. The molecule has 2 heterocycles. The van der Waals surface area contributed by atoms with Crippen molar-refractivity contribution in [3.8, 4) is 0 Å². The van der Waals surface area contributed by atoms with Gasteiger partial charge in [-0.2, -0.15) is 0 Å². The third-order valence-electron chi connectivity index (χ3n) is 5.71. The Labute approximate surface area is 164 Å². The molecule has 0 spiro atoms. The molecule has 1 aromatic carbocycles. The molecule has 2 saturated heterocycles. The first-order valence-corrected chi connectivity index (χ1v) is 10.3. The Hall–Kier alpha value is -1.79. The number of nitrogens with zero attached hydrogens (tertiary/aromatic N) is 5. The Morgan fingerprint density at radius 2 is 1.89 bits per heavy atom. The van der Waals surface area contributed by atoms with Gasteiger partial charge in [-0.05, 0) is 45.6 Å². The molecule has 2 aliphatic rings. The van der Waals surface area contributed by atoms with E-state index in [2.05, 4.69) is 77.1 Å². The van der Waals surface area contributed by atoms with Crippen molar-refractivity contribution in [2.24, 2.45) is 4.99 Å². The van der Waals surface area contributed by atoms with Crippen LogP contribution in [0.3, 0.4) is 0 Å². The first-order valence-electron chi connectivity index (χ1n) is 10.3. The summed E-state index contributed by atoms with van der Waals surface area (Å²) in [5.74, 6) is 1.07. The molecule has 0 saturated carbocycles. The molecule has 2 aliphatic heterocycles. The topological polar surface area (TPSA) is 37.4 Å². The van der Waals surface area contributed by atoms with Gasteiger partial charge in [-0.1, -0.05) is 12.1 Å². The maximum absolute atomic E-state index is 5.00. The van der Waals surface area contributed by atoms with Crippen molar-refractivity contribution in [2.75, 3.05) is 77.9 Å². The van der Waals surface area contributed by atoms with Gasteiger partial charge in [-0.3, -0.25) is 9.89 Å². The summed E-state index contributed by atoms with van der Waals surface area (Å²) >= 11 is 0. The summed E-state index contributed by atoms with van der Waals surface area (Å²) in [6.45, 7) is 13.6. The summed E-state index contributed by atoms with van der Waals surface area (Å²) in [4.78, 5) is 14.8. The van der Waals surface area contributed by atoms with Crippen LogP contribution < -0.4 is 10.2 Å². The molecule has 0 radical (unpaired) electrons. The maximum atomic E-state index is 5.00. The van der Waals surface area contributed by atoms with Crippen LogP contribution in [0.15, 0.2) is 29.3 Å². The van der Waals surface area contributed by atoms with Gasteiger partial charge in [0.25, 0.3) is 0 Å². The van der Waals surface area contributed by atoms with Gasteiger partial charge in [0.1, 0.15) is 0 Å². The molecule has 1 atom stereocenters. The molecule has 1 unspecified atom stereocenters. The highest BCUT2D eigenvalue weighted by Crippen LogP contribution is 2.18. The van der Waals surface area contributed by atoms with Gasteiger partial charge in [0.15, 0.2) is 5.96 Å². The molecule has 3 rings (SSSR count). The summed E-state index contributed by atoms with van der Waals surface area (Å²) in [5, 5.41) is 3.51. The zero-order chi connectivity index (χ0) is 19.2. The number of hydrogen-bond donors (Lipinski definition) is 1. The molecule has 0 aliphatic carbocycles. The average molecular weight is 373 g/mol. The second-order valence-corrected chi connectivity index (χ2v) is 7.90. The lowest BCUT2D eigenvalue weighted by Gasteiger charge is -2.39. The molecule has 1 N–H and O–H groups in total. The molecule has 0 aromatic heterocycles. The summed E-state index contributed by atoms with van der Waals surface area (Å²) in [7, 11) is 4.43. The third kappa shape index (κ3) is 5.36. The Morgan fingerprint density at radius 1 is 1.11 bits per heavy atom. The van der Waals surface area contributed by atoms with Crippen LogP contribution in [0.4, 0.5) is 5.69 Å². The Bertz CT molecular complexity index is 623. The minimum atomic E-state index is 0.506. The fourth-order valence-electron chi connectivity index (χ4n) is 3.92. The van der Waals surface area contributed by atoms with Crippen LogP contribution in [0.2, 0.25) is 0 Å². The first-order chi connectivity index (χ1) is 13.1. The second kappa shape index (κ2) is 9.42. The summed E-state index contributed by atoms with van der Waals surface area (Å²) < 4.78 is 0. The van der Waals surface area contributed by atoms with Crippen LogP contribution in [-0.2, 0) is 0 Å². The molecular formula is C21H36N6. The van der Waals surface area contributed by atoms with E-state index in [9.17, 15) is 0 Å². The van der Waals surface area contributed by atoms with E-state index >= 15 is 0 Å². The number of piperazine rings is 2. The molecule has 6 nitrogen and oxygen atoms in total. The summed E-state index contributed by atoms with van der Waals surface area (Å²) in [6.07, 6.45) is 0. The molecular weight excluding hydrogens is 336 g/mol. The van der Waals surface area contributed by atoms with Crippen molar-refractivity contribution in [3.63, 3.8) is 0 Å². The first kappa shape index (κ1) is 20.0. The molecule has 1 aromatic rings. The number of rotatable bonds is 4. The van der Waals surface area contributed by atoms with E-state index < -0.39 is 0 Å². The Morgan fingerprint density at radius 3 is 2.59 bits per heavy atom. The Balaban J connectivity index is 1.59. The standard InChI is InChI=1S/C21H36N6/c1-5-22-21(23-16-20-17-24(3)9-10-25(20)4)27-13-11-26(12-14-27)19-8-6-7-18(2)15-19/h6-8,15,20H,5,9-14,16-17H2,1-4H3,(H,22,23). The van der Waals surface area contributed by atoms with Gasteiger partial charge < -0.3 is 20.0 Å². The van der Waals surface area contributed by atoms with E-state index in [1.165, 1.54) is 11.3 Å². The number of guanidine groups is 1. The molecule has 0 bridgehead atoms. The lowest BCUT2D eigenvalue weighted by Crippen LogP contribution is -2.54. The number of anilines is 1. The molecule has 0 amide bonds. The number of nitrogens with one attached hydrogen (secondary N) is 1. The minimum absolute atomic E-state index is 0.506. The molecule has 6 heteroatoms. The largest absolute Gasteiger partial charge is 0.368 e. The van der Waals surface area contributed by atoms with Gasteiger partial charge in [0.2, 0.25) is 0 Å². The summed E-state index contributed by atoms with van der Waals surface area (Å²) in [5.41, 5.74) is 2.66. The molecule has 150 valence electrons. The lowest BCUT2D eigenvalue weighted by atomic mass is 10.2. The minimum Gasteiger partial charge on any atom is -0.368 e. The normalized spacial score (nSPS) is 23.0. The zero-order valence-electron chi connectivity index (χ0n) is 17.5. The van der Waals surface area contributed by atoms with E-state index in [0.717, 1.165) is 64.9 Å². The van der Waals surface area contributed by atoms with Crippen LogP contribution in [0.5, 0.6) is 0 Å². The van der Waals surface area contributed by atoms with E-state index in [1.54, 1.807) is 0 Å². The number of aliphatic imine (C=N–C) groups is 1. The monoisotopic (exact) mass is 372 g/mol. The van der Waals surface area contributed by atoms with E-state index in [1.807, 2.05) is 0 Å². The van der Waals surface area contributed by atoms with Crippen molar-refractivity contribution in [1.82, 2.24) is 20.0 Å². The number of benzene rings is 1. The van der Waals surface area contributed by atoms with Gasteiger partial charge in [0, 0.05) is 64.1 Å². The summed E-state index contributed by atoms with van der Waals surface area (Å²) in [6, 6.07) is 9.32. The predicted molar refractivity (Wildman–Crippen MR) is 115 cm³/mol. The van der Waals surface area contributed by atoms with Gasteiger partial charge in [-0.15, -0.1) is 0 Å². The molecule has 27 heavy (non-hydrogen) atoms. The van der Waals surface area contributed by atoms with Crippen LogP contribution in [0.1, 0.15) is 12.5 Å².